The topological polar surface area (TPSA) is 76.1 Å². The Balaban J connectivity index is 1.63. The van der Waals surface area contributed by atoms with Gasteiger partial charge in [0.2, 0.25) is 0 Å². The number of benzene rings is 4. The van der Waals surface area contributed by atoms with Gasteiger partial charge in [0.15, 0.2) is 0 Å². The molecule has 6 nitrogen and oxygen atoms in total. The molecule has 1 unspecified atom stereocenters. The van der Waals surface area contributed by atoms with Crippen LogP contribution in [0.25, 0.3) is 5.76 Å². The van der Waals surface area contributed by atoms with Crippen molar-refractivity contribution in [3.8, 4) is 17.2 Å². The van der Waals surface area contributed by atoms with Crippen molar-refractivity contribution in [2.24, 2.45) is 5.92 Å². The molecule has 4 aromatic rings. The van der Waals surface area contributed by atoms with Crippen molar-refractivity contribution in [3.05, 3.63) is 125 Å². The molecule has 0 spiro atoms. The lowest BCUT2D eigenvalue weighted by Crippen LogP contribution is -2.29. The number of ketones is 1. The smallest absolute Gasteiger partial charge is 0.300 e. The summed E-state index contributed by atoms with van der Waals surface area (Å²) < 4.78 is 11.9. The molecule has 1 saturated heterocycles. The van der Waals surface area contributed by atoms with Crippen molar-refractivity contribution in [2.45, 2.75) is 26.8 Å². The van der Waals surface area contributed by atoms with E-state index in [-0.39, 0.29) is 11.3 Å². The molecule has 40 heavy (non-hydrogen) atoms. The maximum Gasteiger partial charge on any atom is 0.300 e. The third-order valence-electron chi connectivity index (χ3n) is 6.57. The van der Waals surface area contributed by atoms with E-state index in [0.29, 0.717) is 46.6 Å². The zero-order chi connectivity index (χ0) is 28.2. The largest absolute Gasteiger partial charge is 0.507 e. The van der Waals surface area contributed by atoms with Crippen LogP contribution in [0.15, 0.2) is 109 Å². The Morgan fingerprint density at radius 3 is 2.27 bits per heavy atom. The van der Waals surface area contributed by atoms with Crippen LogP contribution in [0, 0.1) is 12.8 Å². The molecule has 0 saturated carbocycles. The Hall–Kier alpha value is -4.84. The Morgan fingerprint density at radius 1 is 0.825 bits per heavy atom. The van der Waals surface area contributed by atoms with E-state index in [2.05, 4.69) is 0 Å². The van der Waals surface area contributed by atoms with Gasteiger partial charge in [-0.2, -0.15) is 0 Å². The number of carbonyl (C=O) groups is 2. The summed E-state index contributed by atoms with van der Waals surface area (Å²) in [5.74, 6) is 0.365. The van der Waals surface area contributed by atoms with E-state index in [1.807, 2.05) is 87.5 Å². The Labute approximate surface area is 234 Å². The first kappa shape index (κ1) is 26.8. The molecule has 0 radical (unpaired) electrons. The van der Waals surface area contributed by atoms with Crippen LogP contribution in [0.4, 0.5) is 5.69 Å². The molecule has 6 heteroatoms. The third-order valence-corrected chi connectivity index (χ3v) is 6.57. The summed E-state index contributed by atoms with van der Waals surface area (Å²) in [5.41, 5.74) is 2.53. The molecule has 1 aliphatic heterocycles. The molecular weight excluding hydrogens is 502 g/mol. The number of amides is 1. The number of hydrogen-bond acceptors (Lipinski definition) is 5. The van der Waals surface area contributed by atoms with E-state index in [1.165, 1.54) is 4.90 Å². The molecule has 0 aromatic heterocycles. The van der Waals surface area contributed by atoms with E-state index in [0.717, 1.165) is 5.56 Å². The number of anilines is 1. The van der Waals surface area contributed by atoms with Crippen molar-refractivity contribution in [1.82, 2.24) is 0 Å². The number of aliphatic hydroxyl groups is 1. The van der Waals surface area contributed by atoms with E-state index in [1.54, 1.807) is 36.4 Å². The van der Waals surface area contributed by atoms with Crippen LogP contribution >= 0.6 is 0 Å². The molecule has 1 heterocycles. The summed E-state index contributed by atoms with van der Waals surface area (Å²) in [6, 6.07) is 30.1. The van der Waals surface area contributed by atoms with E-state index < -0.39 is 17.7 Å². The summed E-state index contributed by atoms with van der Waals surface area (Å²) in [4.78, 5) is 28.6. The number of Topliss-reactive ketones (excluding diaryl/α,β-unsaturated/α-hetero) is 1. The molecule has 1 fully saturated rings. The van der Waals surface area contributed by atoms with Crippen molar-refractivity contribution < 1.29 is 24.2 Å². The number of ether oxygens (including phenoxy) is 2. The molecule has 0 aliphatic carbocycles. The van der Waals surface area contributed by atoms with Crippen molar-refractivity contribution in [3.63, 3.8) is 0 Å². The molecule has 1 N–H and O–H groups in total. The van der Waals surface area contributed by atoms with Crippen LogP contribution in [0.2, 0.25) is 0 Å². The zero-order valence-corrected chi connectivity index (χ0v) is 22.7. The minimum Gasteiger partial charge on any atom is -0.507 e. The van der Waals surface area contributed by atoms with Crippen molar-refractivity contribution in [2.75, 3.05) is 11.5 Å². The van der Waals surface area contributed by atoms with Crippen LogP contribution in [-0.4, -0.2) is 23.4 Å². The SMILES string of the molecule is Cc1cccc(N2C(=O)C(=O)/C(=C(\O)c3cccc(OCC(C)C)c3)C2c2cccc(Oc3ccccc3)c2)c1. The first-order valence-corrected chi connectivity index (χ1v) is 13.3. The summed E-state index contributed by atoms with van der Waals surface area (Å²) in [7, 11) is 0. The van der Waals surface area contributed by atoms with Crippen LogP contribution in [0.5, 0.6) is 17.2 Å². The second kappa shape index (κ2) is 11.5. The highest BCUT2D eigenvalue weighted by molar-refractivity contribution is 6.51. The number of aryl methyl sites for hydroxylation is 1. The number of hydrogen-bond donors (Lipinski definition) is 1. The molecule has 1 aliphatic rings. The van der Waals surface area contributed by atoms with Gasteiger partial charge in [0.25, 0.3) is 11.7 Å². The average Bonchev–Trinajstić information content (AvgIpc) is 3.22. The van der Waals surface area contributed by atoms with Gasteiger partial charge in [-0.1, -0.05) is 68.4 Å². The predicted molar refractivity (Wildman–Crippen MR) is 156 cm³/mol. The maximum absolute atomic E-state index is 13.6. The average molecular weight is 534 g/mol. The number of para-hydroxylation sites is 1. The number of nitrogens with zero attached hydrogens (tertiary/aromatic N) is 1. The molecule has 0 bridgehead atoms. The Kier molecular flexibility index (Phi) is 7.69. The van der Waals surface area contributed by atoms with Gasteiger partial charge in [-0.05, 0) is 72.5 Å². The van der Waals surface area contributed by atoms with Crippen molar-refractivity contribution in [1.29, 1.82) is 0 Å². The first-order chi connectivity index (χ1) is 19.3. The minimum atomic E-state index is -0.874. The highest BCUT2D eigenvalue weighted by Crippen LogP contribution is 2.43. The molecule has 5 rings (SSSR count). The molecule has 1 atom stereocenters. The molecule has 4 aromatic carbocycles. The van der Waals surface area contributed by atoms with E-state index in [9.17, 15) is 14.7 Å². The summed E-state index contributed by atoms with van der Waals surface area (Å²) >= 11 is 0. The summed E-state index contributed by atoms with van der Waals surface area (Å²) in [6.07, 6.45) is 0. The Bertz CT molecular complexity index is 1570. The fraction of sp³-hybridized carbons (Fsp3) is 0.176. The van der Waals surface area contributed by atoms with Gasteiger partial charge in [0.05, 0.1) is 18.2 Å². The van der Waals surface area contributed by atoms with Crippen LogP contribution in [-0.2, 0) is 9.59 Å². The standard InChI is InChI=1S/C34H31NO5/c1-22(2)21-39-28-16-9-12-25(20-28)32(36)30-31(35(34(38)33(30)37)26-13-7-10-23(3)18-26)24-11-8-17-29(19-24)40-27-14-5-4-6-15-27/h4-20,22,31,36H,21H2,1-3H3/b32-30-. The number of aliphatic hydroxyl groups excluding tert-OH is 1. The highest BCUT2D eigenvalue weighted by Gasteiger charge is 2.47. The molecular formula is C34H31NO5. The first-order valence-electron chi connectivity index (χ1n) is 13.3. The van der Waals surface area contributed by atoms with Gasteiger partial charge in [0, 0.05) is 11.3 Å². The van der Waals surface area contributed by atoms with E-state index in [4.69, 9.17) is 9.47 Å². The van der Waals surface area contributed by atoms with E-state index >= 15 is 0 Å². The van der Waals surface area contributed by atoms with Gasteiger partial charge in [-0.3, -0.25) is 14.5 Å². The van der Waals surface area contributed by atoms with Gasteiger partial charge < -0.3 is 14.6 Å². The zero-order valence-electron chi connectivity index (χ0n) is 22.7. The van der Waals surface area contributed by atoms with Crippen molar-refractivity contribution >= 4 is 23.1 Å². The number of rotatable bonds is 8. The fourth-order valence-electron chi connectivity index (χ4n) is 4.72. The van der Waals surface area contributed by atoms with Gasteiger partial charge in [-0.25, -0.2) is 0 Å². The molecule has 202 valence electrons. The quantitative estimate of drug-likeness (QED) is 0.145. The van der Waals surface area contributed by atoms with Crippen LogP contribution in [0.1, 0.15) is 36.6 Å². The second-order valence-electron chi connectivity index (χ2n) is 10.2. The molecule has 1 amide bonds. The fourth-order valence-corrected chi connectivity index (χ4v) is 4.72. The van der Waals surface area contributed by atoms with Crippen LogP contribution < -0.4 is 14.4 Å². The lowest BCUT2D eigenvalue weighted by molar-refractivity contribution is -0.132. The van der Waals surface area contributed by atoms with Crippen LogP contribution in [0.3, 0.4) is 0 Å². The van der Waals surface area contributed by atoms with Gasteiger partial charge in [-0.15, -0.1) is 0 Å². The van der Waals surface area contributed by atoms with Gasteiger partial charge >= 0.3 is 0 Å². The number of carbonyl (C=O) groups excluding carboxylic acids is 2. The maximum atomic E-state index is 13.6. The second-order valence-corrected chi connectivity index (χ2v) is 10.2. The summed E-state index contributed by atoms with van der Waals surface area (Å²) in [6.45, 7) is 6.53. The monoisotopic (exact) mass is 533 g/mol. The lowest BCUT2D eigenvalue weighted by Gasteiger charge is -2.26. The normalized spacial score (nSPS) is 16.4. The highest BCUT2D eigenvalue weighted by atomic mass is 16.5. The summed E-state index contributed by atoms with van der Waals surface area (Å²) in [5, 5.41) is 11.6. The third kappa shape index (κ3) is 5.61. The lowest BCUT2D eigenvalue weighted by atomic mass is 9.94. The van der Waals surface area contributed by atoms with Gasteiger partial charge in [0.1, 0.15) is 23.0 Å². The predicted octanol–water partition coefficient (Wildman–Crippen LogP) is 7.45. The minimum absolute atomic E-state index is 0.00405. The Morgan fingerprint density at radius 2 is 1.52 bits per heavy atom.